The Balaban J connectivity index is 1.43. The lowest BCUT2D eigenvalue weighted by Gasteiger charge is -2.21. The molecule has 1 unspecified atom stereocenters. The van der Waals surface area contributed by atoms with Crippen molar-refractivity contribution in [2.24, 2.45) is 0 Å². The minimum atomic E-state index is -0.461. The van der Waals surface area contributed by atoms with Crippen LogP contribution in [0.4, 0.5) is 10.1 Å². The molecule has 2 aromatic heterocycles. The van der Waals surface area contributed by atoms with E-state index in [-0.39, 0.29) is 11.7 Å². The first-order chi connectivity index (χ1) is 15.0. The maximum absolute atomic E-state index is 14.7. The molecule has 7 nitrogen and oxygen atoms in total. The molecule has 0 N–H and O–H groups in total. The third-order valence-electron chi connectivity index (χ3n) is 5.72. The Hall–Kier alpha value is -3.81. The van der Waals surface area contributed by atoms with Gasteiger partial charge in [-0.05, 0) is 43.5 Å². The molecule has 156 valence electrons. The summed E-state index contributed by atoms with van der Waals surface area (Å²) in [7, 11) is 1.78. The number of hydrogen-bond acceptors (Lipinski definition) is 4. The fraction of sp³-hybridized carbons (Fsp3) is 0.217. The zero-order valence-electron chi connectivity index (χ0n) is 17.2. The molecule has 1 aliphatic rings. The number of amides is 1. The average molecular weight is 416 g/mol. The quantitative estimate of drug-likeness (QED) is 0.510. The van der Waals surface area contributed by atoms with Crippen molar-refractivity contribution >= 4 is 11.6 Å². The van der Waals surface area contributed by atoms with Crippen LogP contribution in [-0.4, -0.2) is 37.5 Å². The summed E-state index contributed by atoms with van der Waals surface area (Å²) in [4.78, 5) is 18.9. The summed E-state index contributed by atoms with van der Waals surface area (Å²) in [5.41, 5.74) is 4.39. The molecule has 0 radical (unpaired) electrons. The SMILES string of the molecule is Cc1cn(-c2ccc(-c3cn(C4CCc5ccccc5N(C)C4=O)nn3)cc2F)cn1. The van der Waals surface area contributed by atoms with Gasteiger partial charge in [-0.25, -0.2) is 14.1 Å². The zero-order chi connectivity index (χ0) is 21.5. The molecular weight excluding hydrogens is 395 g/mol. The highest BCUT2D eigenvalue weighted by molar-refractivity contribution is 5.97. The van der Waals surface area contributed by atoms with E-state index in [0.717, 1.165) is 23.4 Å². The molecular formula is C23H21FN6O. The average Bonchev–Trinajstić information content (AvgIpc) is 3.40. The van der Waals surface area contributed by atoms with Crippen LogP contribution in [0.1, 0.15) is 23.7 Å². The molecule has 31 heavy (non-hydrogen) atoms. The molecule has 0 saturated heterocycles. The maximum Gasteiger partial charge on any atom is 0.251 e. The number of aromatic nitrogens is 5. The van der Waals surface area contributed by atoms with Crippen molar-refractivity contribution < 1.29 is 9.18 Å². The standard InChI is InChI=1S/C23H21FN6O/c1-15-12-29(14-25-15)21-9-8-17(11-18(21)24)19-13-30(27-26-19)22-10-7-16-5-3-4-6-20(16)28(2)23(22)31/h3-6,8-9,11-14,22H,7,10H2,1-2H3. The number of hydrogen-bond donors (Lipinski definition) is 0. The van der Waals surface area contributed by atoms with E-state index in [2.05, 4.69) is 15.3 Å². The molecule has 2 aromatic carbocycles. The number of para-hydroxylation sites is 1. The van der Waals surface area contributed by atoms with Crippen LogP contribution in [-0.2, 0) is 11.2 Å². The number of carbonyl (C=O) groups excluding carboxylic acids is 1. The van der Waals surface area contributed by atoms with Crippen LogP contribution >= 0.6 is 0 Å². The van der Waals surface area contributed by atoms with Gasteiger partial charge in [0, 0.05) is 24.5 Å². The lowest BCUT2D eigenvalue weighted by Crippen LogP contribution is -2.33. The summed E-state index contributed by atoms with van der Waals surface area (Å²) < 4.78 is 18.0. The van der Waals surface area contributed by atoms with Crippen LogP contribution < -0.4 is 4.90 Å². The molecule has 0 bridgehead atoms. The molecule has 3 heterocycles. The molecule has 1 aliphatic heterocycles. The van der Waals surface area contributed by atoms with Gasteiger partial charge in [0.25, 0.3) is 5.91 Å². The summed E-state index contributed by atoms with van der Waals surface area (Å²) >= 11 is 0. The second kappa shape index (κ2) is 7.46. The highest BCUT2D eigenvalue weighted by Crippen LogP contribution is 2.31. The van der Waals surface area contributed by atoms with E-state index in [9.17, 15) is 9.18 Å². The zero-order valence-corrected chi connectivity index (χ0v) is 17.2. The highest BCUT2D eigenvalue weighted by Gasteiger charge is 2.30. The van der Waals surface area contributed by atoms with Gasteiger partial charge in [0.15, 0.2) is 0 Å². The van der Waals surface area contributed by atoms with Gasteiger partial charge >= 0.3 is 0 Å². The Morgan fingerprint density at radius 3 is 2.71 bits per heavy atom. The van der Waals surface area contributed by atoms with E-state index in [1.165, 1.54) is 6.07 Å². The molecule has 0 aliphatic carbocycles. The van der Waals surface area contributed by atoms with Gasteiger partial charge in [0.2, 0.25) is 0 Å². The molecule has 8 heteroatoms. The Bertz CT molecular complexity index is 1280. The van der Waals surface area contributed by atoms with Gasteiger partial charge < -0.3 is 9.47 Å². The van der Waals surface area contributed by atoms with E-state index in [0.29, 0.717) is 23.4 Å². The molecule has 5 rings (SSSR count). The molecule has 1 atom stereocenters. The smallest absolute Gasteiger partial charge is 0.251 e. The number of rotatable bonds is 3. The number of benzene rings is 2. The van der Waals surface area contributed by atoms with Crippen LogP contribution in [0.15, 0.2) is 61.2 Å². The van der Waals surface area contributed by atoms with Crippen LogP contribution in [0.5, 0.6) is 0 Å². The minimum Gasteiger partial charge on any atom is -0.313 e. The molecule has 0 fully saturated rings. The Morgan fingerprint density at radius 2 is 1.94 bits per heavy atom. The van der Waals surface area contributed by atoms with Crippen LogP contribution in [0.3, 0.4) is 0 Å². The number of carbonyl (C=O) groups is 1. The first-order valence-electron chi connectivity index (χ1n) is 10.1. The molecule has 0 saturated carbocycles. The lowest BCUT2D eigenvalue weighted by atomic mass is 10.1. The van der Waals surface area contributed by atoms with Gasteiger partial charge in [-0.2, -0.15) is 0 Å². The van der Waals surface area contributed by atoms with Crippen molar-refractivity contribution in [3.8, 4) is 16.9 Å². The van der Waals surface area contributed by atoms with Gasteiger partial charge in [0.1, 0.15) is 17.6 Å². The Labute approximate surface area is 178 Å². The van der Waals surface area contributed by atoms with Crippen molar-refractivity contribution in [2.45, 2.75) is 25.8 Å². The predicted octanol–water partition coefficient (Wildman–Crippen LogP) is 3.73. The van der Waals surface area contributed by atoms with Crippen molar-refractivity contribution in [2.75, 3.05) is 11.9 Å². The van der Waals surface area contributed by atoms with Crippen molar-refractivity contribution in [1.29, 1.82) is 0 Å². The number of nitrogens with zero attached hydrogens (tertiary/aromatic N) is 6. The Kier molecular flexibility index (Phi) is 4.62. The van der Waals surface area contributed by atoms with Crippen LogP contribution in [0.25, 0.3) is 16.9 Å². The number of anilines is 1. The summed E-state index contributed by atoms with van der Waals surface area (Å²) in [6.45, 7) is 1.85. The summed E-state index contributed by atoms with van der Waals surface area (Å²) in [6.07, 6.45) is 6.44. The number of imidazole rings is 1. The Morgan fingerprint density at radius 1 is 1.10 bits per heavy atom. The molecule has 1 amide bonds. The first kappa shape index (κ1) is 19.2. The van der Waals surface area contributed by atoms with E-state index >= 15 is 0 Å². The fourth-order valence-corrected chi connectivity index (χ4v) is 4.04. The predicted molar refractivity (Wildman–Crippen MR) is 114 cm³/mol. The normalized spacial score (nSPS) is 16.3. The number of likely N-dealkylation sites (N-methyl/N-ethyl adjacent to an activating group) is 1. The summed E-state index contributed by atoms with van der Waals surface area (Å²) in [5.74, 6) is -0.427. The fourth-order valence-electron chi connectivity index (χ4n) is 4.04. The van der Waals surface area contributed by atoms with Gasteiger partial charge in [0.05, 0.1) is 23.9 Å². The van der Waals surface area contributed by atoms with Crippen LogP contribution in [0.2, 0.25) is 0 Å². The second-order valence-electron chi connectivity index (χ2n) is 7.75. The van der Waals surface area contributed by atoms with Gasteiger partial charge in [-0.3, -0.25) is 4.79 Å². The van der Waals surface area contributed by atoms with E-state index < -0.39 is 6.04 Å². The highest BCUT2D eigenvalue weighted by atomic mass is 19.1. The van der Waals surface area contributed by atoms with Crippen molar-refractivity contribution in [3.63, 3.8) is 0 Å². The van der Waals surface area contributed by atoms with Crippen LogP contribution in [0, 0.1) is 12.7 Å². The summed E-state index contributed by atoms with van der Waals surface area (Å²) in [6, 6.07) is 12.3. The largest absolute Gasteiger partial charge is 0.313 e. The number of aryl methyl sites for hydroxylation is 2. The van der Waals surface area contributed by atoms with E-state index in [1.54, 1.807) is 52.1 Å². The van der Waals surface area contributed by atoms with E-state index in [4.69, 9.17) is 0 Å². The van der Waals surface area contributed by atoms with Crippen molar-refractivity contribution in [3.05, 3.63) is 78.3 Å². The minimum absolute atomic E-state index is 0.0431. The van der Waals surface area contributed by atoms with Crippen molar-refractivity contribution in [1.82, 2.24) is 24.5 Å². The van der Waals surface area contributed by atoms with Gasteiger partial charge in [-0.15, -0.1) is 5.10 Å². The monoisotopic (exact) mass is 416 g/mol. The topological polar surface area (TPSA) is 68.8 Å². The molecule has 0 spiro atoms. The third-order valence-corrected chi connectivity index (χ3v) is 5.72. The lowest BCUT2D eigenvalue weighted by molar-refractivity contribution is -0.121. The third kappa shape index (κ3) is 3.39. The molecule has 4 aromatic rings. The number of halogens is 1. The second-order valence-corrected chi connectivity index (χ2v) is 7.75. The van der Waals surface area contributed by atoms with E-state index in [1.807, 2.05) is 31.2 Å². The number of fused-ring (bicyclic) bond motifs is 1. The first-order valence-corrected chi connectivity index (χ1v) is 10.1. The summed E-state index contributed by atoms with van der Waals surface area (Å²) in [5, 5.41) is 8.41. The van der Waals surface area contributed by atoms with Gasteiger partial charge in [-0.1, -0.05) is 29.5 Å². The maximum atomic E-state index is 14.7.